The van der Waals surface area contributed by atoms with E-state index in [4.69, 9.17) is 17.3 Å². The van der Waals surface area contributed by atoms with Crippen LogP contribution in [0.4, 0.5) is 0 Å². The van der Waals surface area contributed by atoms with Crippen molar-refractivity contribution in [3.63, 3.8) is 0 Å². The van der Waals surface area contributed by atoms with E-state index in [2.05, 4.69) is 24.4 Å². The van der Waals surface area contributed by atoms with E-state index in [-0.39, 0.29) is 0 Å². The van der Waals surface area contributed by atoms with Gasteiger partial charge in [0, 0.05) is 23.1 Å². The van der Waals surface area contributed by atoms with Crippen molar-refractivity contribution in [2.24, 2.45) is 5.73 Å². The summed E-state index contributed by atoms with van der Waals surface area (Å²) >= 11 is 5.84. The van der Waals surface area contributed by atoms with Crippen molar-refractivity contribution in [1.29, 1.82) is 0 Å². The van der Waals surface area contributed by atoms with Crippen LogP contribution in [-0.4, -0.2) is 12.1 Å². The predicted octanol–water partition coefficient (Wildman–Crippen LogP) is 2.48. The summed E-state index contributed by atoms with van der Waals surface area (Å²) in [5, 5.41) is 4.35. The van der Waals surface area contributed by atoms with Gasteiger partial charge in [0.15, 0.2) is 0 Å². The number of nitrogens with two attached hydrogens (primary N) is 1. The highest BCUT2D eigenvalue weighted by molar-refractivity contribution is 6.30. The van der Waals surface area contributed by atoms with Gasteiger partial charge < -0.3 is 11.1 Å². The molecule has 0 unspecified atom stereocenters. The fourth-order valence-electron chi connectivity index (χ4n) is 2.00. The lowest BCUT2D eigenvalue weighted by atomic mass is 9.87. The molecule has 0 aliphatic heterocycles. The summed E-state index contributed by atoms with van der Waals surface area (Å²) in [7, 11) is 0. The van der Waals surface area contributed by atoms with Crippen LogP contribution in [0.25, 0.3) is 0 Å². The molecule has 1 fully saturated rings. The molecule has 15 heavy (non-hydrogen) atoms. The molecule has 0 bridgehead atoms. The monoisotopic (exact) mass is 224 g/mol. The maximum absolute atomic E-state index is 5.84. The number of rotatable bonds is 3. The first-order valence-corrected chi connectivity index (χ1v) is 5.80. The van der Waals surface area contributed by atoms with Crippen LogP contribution in [0.3, 0.4) is 0 Å². The Kier molecular flexibility index (Phi) is 3.29. The largest absolute Gasteiger partial charge is 0.328 e. The van der Waals surface area contributed by atoms with Crippen molar-refractivity contribution >= 4 is 11.6 Å². The topological polar surface area (TPSA) is 38.0 Å². The number of benzene rings is 1. The molecular weight excluding hydrogens is 208 g/mol. The minimum Gasteiger partial charge on any atom is -0.328 e. The molecule has 1 aromatic carbocycles. The molecule has 2 rings (SSSR count). The molecule has 0 aromatic heterocycles. The van der Waals surface area contributed by atoms with E-state index in [1.165, 1.54) is 5.56 Å². The summed E-state index contributed by atoms with van der Waals surface area (Å²) < 4.78 is 0. The fourth-order valence-corrected chi connectivity index (χ4v) is 2.13. The molecule has 0 amide bonds. The molecule has 1 saturated carbocycles. The molecule has 1 atom stereocenters. The Labute approximate surface area is 95.8 Å². The van der Waals surface area contributed by atoms with Gasteiger partial charge in [-0.1, -0.05) is 23.7 Å². The second-order valence-corrected chi connectivity index (χ2v) is 4.80. The number of nitrogens with one attached hydrogen (secondary N) is 1. The van der Waals surface area contributed by atoms with Crippen LogP contribution in [0.1, 0.15) is 31.4 Å². The highest BCUT2D eigenvalue weighted by Crippen LogP contribution is 2.22. The maximum atomic E-state index is 5.84. The zero-order valence-electron chi connectivity index (χ0n) is 8.91. The van der Waals surface area contributed by atoms with Gasteiger partial charge >= 0.3 is 0 Å². The Balaban J connectivity index is 1.90. The third-order valence-electron chi connectivity index (χ3n) is 3.03. The Hall–Kier alpha value is -0.570. The van der Waals surface area contributed by atoms with E-state index in [0.717, 1.165) is 17.9 Å². The minimum atomic E-state index is 0.375. The first-order valence-electron chi connectivity index (χ1n) is 5.42. The van der Waals surface area contributed by atoms with Gasteiger partial charge in [0.1, 0.15) is 0 Å². The second kappa shape index (κ2) is 4.52. The molecule has 0 radical (unpaired) electrons. The van der Waals surface area contributed by atoms with Crippen molar-refractivity contribution in [2.45, 2.75) is 37.9 Å². The van der Waals surface area contributed by atoms with Crippen LogP contribution in [-0.2, 0) is 0 Å². The fraction of sp³-hybridized carbons (Fsp3) is 0.500. The van der Waals surface area contributed by atoms with Gasteiger partial charge in [0.2, 0.25) is 0 Å². The predicted molar refractivity (Wildman–Crippen MR) is 64.0 cm³/mol. The molecule has 3 heteroatoms. The lowest BCUT2D eigenvalue weighted by Crippen LogP contribution is -2.49. The van der Waals surface area contributed by atoms with Crippen LogP contribution in [0.2, 0.25) is 5.02 Å². The summed E-state index contributed by atoms with van der Waals surface area (Å²) in [6, 6.07) is 9.37. The van der Waals surface area contributed by atoms with Crippen molar-refractivity contribution in [1.82, 2.24) is 5.32 Å². The van der Waals surface area contributed by atoms with Gasteiger partial charge in [-0.15, -0.1) is 0 Å². The van der Waals surface area contributed by atoms with Crippen molar-refractivity contribution in [3.8, 4) is 0 Å². The van der Waals surface area contributed by atoms with Crippen molar-refractivity contribution < 1.29 is 0 Å². The average Bonchev–Trinajstić information content (AvgIpc) is 2.16. The zero-order valence-corrected chi connectivity index (χ0v) is 9.67. The van der Waals surface area contributed by atoms with Gasteiger partial charge in [-0.25, -0.2) is 0 Å². The Morgan fingerprint density at radius 1 is 1.33 bits per heavy atom. The first kappa shape index (κ1) is 10.9. The lowest BCUT2D eigenvalue weighted by Gasteiger charge is -2.35. The molecule has 82 valence electrons. The van der Waals surface area contributed by atoms with E-state index in [1.807, 2.05) is 12.1 Å². The van der Waals surface area contributed by atoms with E-state index >= 15 is 0 Å². The first-order chi connectivity index (χ1) is 7.15. The Morgan fingerprint density at radius 3 is 2.47 bits per heavy atom. The second-order valence-electron chi connectivity index (χ2n) is 4.37. The number of halogens is 1. The van der Waals surface area contributed by atoms with E-state index < -0.39 is 0 Å². The molecule has 1 aromatic rings. The van der Waals surface area contributed by atoms with Crippen LogP contribution < -0.4 is 11.1 Å². The summed E-state index contributed by atoms with van der Waals surface area (Å²) in [5.74, 6) is 0. The minimum absolute atomic E-state index is 0.375. The normalized spacial score (nSPS) is 27.1. The standard InChI is InChI=1S/C12H17ClN2/c1-8(15-12-6-11(14)7-12)9-2-4-10(13)5-3-9/h2-5,8,11-12,15H,6-7,14H2,1H3/t8-,11?,12?/m0/s1. The summed E-state index contributed by atoms with van der Waals surface area (Å²) in [4.78, 5) is 0. The summed E-state index contributed by atoms with van der Waals surface area (Å²) in [5.41, 5.74) is 7.02. The Bertz CT molecular complexity index is 317. The lowest BCUT2D eigenvalue weighted by molar-refractivity contribution is 0.272. The quantitative estimate of drug-likeness (QED) is 0.828. The highest BCUT2D eigenvalue weighted by atomic mass is 35.5. The molecule has 0 saturated heterocycles. The maximum Gasteiger partial charge on any atom is 0.0406 e. The SMILES string of the molecule is C[C@H](NC1CC(N)C1)c1ccc(Cl)cc1. The third kappa shape index (κ3) is 2.71. The summed E-state index contributed by atoms with van der Waals surface area (Å²) in [6.45, 7) is 2.17. The van der Waals surface area contributed by atoms with E-state index in [1.54, 1.807) is 0 Å². The molecule has 0 heterocycles. The molecule has 1 aliphatic rings. The van der Waals surface area contributed by atoms with Crippen LogP contribution in [0.5, 0.6) is 0 Å². The van der Waals surface area contributed by atoms with E-state index in [9.17, 15) is 0 Å². The molecule has 1 aliphatic carbocycles. The van der Waals surface area contributed by atoms with Crippen LogP contribution >= 0.6 is 11.6 Å². The average molecular weight is 225 g/mol. The highest BCUT2D eigenvalue weighted by Gasteiger charge is 2.26. The number of hydrogen-bond acceptors (Lipinski definition) is 2. The molecule has 0 spiro atoms. The Morgan fingerprint density at radius 2 is 1.93 bits per heavy atom. The van der Waals surface area contributed by atoms with Crippen LogP contribution in [0.15, 0.2) is 24.3 Å². The van der Waals surface area contributed by atoms with Gasteiger partial charge in [0.05, 0.1) is 0 Å². The van der Waals surface area contributed by atoms with Crippen molar-refractivity contribution in [2.75, 3.05) is 0 Å². The van der Waals surface area contributed by atoms with Gasteiger partial charge in [-0.3, -0.25) is 0 Å². The third-order valence-corrected chi connectivity index (χ3v) is 3.28. The smallest absolute Gasteiger partial charge is 0.0406 e. The summed E-state index contributed by atoms with van der Waals surface area (Å²) in [6.07, 6.45) is 2.19. The van der Waals surface area contributed by atoms with Crippen molar-refractivity contribution in [3.05, 3.63) is 34.9 Å². The van der Waals surface area contributed by atoms with Gasteiger partial charge in [-0.05, 0) is 37.5 Å². The number of hydrogen-bond donors (Lipinski definition) is 2. The molecule has 2 nitrogen and oxygen atoms in total. The van der Waals surface area contributed by atoms with E-state index in [0.29, 0.717) is 18.1 Å². The van der Waals surface area contributed by atoms with Crippen LogP contribution in [0, 0.1) is 0 Å². The molecule has 3 N–H and O–H groups in total. The van der Waals surface area contributed by atoms with Gasteiger partial charge in [-0.2, -0.15) is 0 Å². The zero-order chi connectivity index (χ0) is 10.8. The molecular formula is C12H17ClN2. The van der Waals surface area contributed by atoms with Gasteiger partial charge in [0.25, 0.3) is 0 Å².